The number of ketones is 2. The molecule has 0 spiro atoms. The molecule has 0 fully saturated rings. The zero-order valence-corrected chi connectivity index (χ0v) is 22.9. The van der Waals surface area contributed by atoms with E-state index in [1.807, 2.05) is 42.5 Å². The third-order valence-electron chi connectivity index (χ3n) is 7.81. The topological polar surface area (TPSA) is 61.8 Å². The highest BCUT2D eigenvalue weighted by Gasteiger charge is 2.41. The van der Waals surface area contributed by atoms with Gasteiger partial charge in [-0.15, -0.1) is 0 Å². The van der Waals surface area contributed by atoms with Crippen molar-refractivity contribution in [3.05, 3.63) is 105 Å². The molecule has 3 aromatic carbocycles. The van der Waals surface area contributed by atoms with E-state index in [9.17, 15) is 14.0 Å². The minimum atomic E-state index is -0.441. The van der Waals surface area contributed by atoms with Crippen molar-refractivity contribution in [2.45, 2.75) is 51.0 Å². The molecule has 2 aliphatic carbocycles. The van der Waals surface area contributed by atoms with E-state index in [1.165, 1.54) is 6.07 Å². The van der Waals surface area contributed by atoms with Crippen molar-refractivity contribution in [1.29, 1.82) is 0 Å². The molecule has 0 unspecified atom stereocenters. The van der Waals surface area contributed by atoms with Gasteiger partial charge in [0.2, 0.25) is 0 Å². The molecule has 0 saturated heterocycles. The maximum absolute atomic E-state index is 14.1. The Morgan fingerprint density at radius 2 is 1.57 bits per heavy atom. The summed E-state index contributed by atoms with van der Waals surface area (Å²) in [6, 6.07) is 17.8. The lowest BCUT2D eigenvalue weighted by Gasteiger charge is -2.36. The molecule has 3 aliphatic rings. The zero-order valence-electron chi connectivity index (χ0n) is 22.1. The quantitative estimate of drug-likeness (QED) is 0.308. The van der Waals surface area contributed by atoms with Crippen LogP contribution in [0.2, 0.25) is 5.02 Å². The van der Waals surface area contributed by atoms with E-state index in [-0.39, 0.29) is 18.2 Å². The average Bonchev–Trinajstić information content (AvgIpc) is 2.96. The Hall–Kier alpha value is -3.90. The van der Waals surface area contributed by atoms with Gasteiger partial charge in [0.25, 0.3) is 0 Å². The number of halogens is 2. The number of ether oxygens (including phenoxy) is 3. The number of hydrogen-bond acceptors (Lipinski definition) is 5. The number of allylic oxidation sites excluding steroid dienone is 4. The third-order valence-corrected chi connectivity index (χ3v) is 8.16. The lowest BCUT2D eigenvalue weighted by atomic mass is 9.73. The third kappa shape index (κ3) is 4.81. The van der Waals surface area contributed by atoms with Crippen LogP contribution < -0.4 is 9.47 Å². The molecule has 0 amide bonds. The molecule has 1 aliphatic heterocycles. The van der Waals surface area contributed by atoms with E-state index >= 15 is 0 Å². The smallest absolute Gasteiger partial charge is 0.163 e. The largest absolute Gasteiger partial charge is 0.496 e. The minimum absolute atomic E-state index is 0.0150. The molecule has 0 saturated carbocycles. The highest BCUT2D eigenvalue weighted by atomic mass is 35.5. The summed E-state index contributed by atoms with van der Waals surface area (Å²) in [7, 11) is 1.61. The molecule has 0 aromatic heterocycles. The Balaban J connectivity index is 1.30. The van der Waals surface area contributed by atoms with Crippen LogP contribution >= 0.6 is 11.6 Å². The second-order valence-corrected chi connectivity index (χ2v) is 10.6. The number of carbonyl (C=O) groups is 2. The predicted octanol–water partition coefficient (Wildman–Crippen LogP) is 7.86. The maximum Gasteiger partial charge on any atom is 0.163 e. The van der Waals surface area contributed by atoms with Crippen molar-refractivity contribution >= 4 is 23.2 Å². The maximum atomic E-state index is 14.1. The van der Waals surface area contributed by atoms with Crippen molar-refractivity contribution in [2.24, 2.45) is 0 Å². The second kappa shape index (κ2) is 10.9. The average molecular weight is 559 g/mol. The molecule has 7 heteroatoms. The Bertz CT molecular complexity index is 1510. The summed E-state index contributed by atoms with van der Waals surface area (Å²) < 4.78 is 31.8. The van der Waals surface area contributed by atoms with Crippen molar-refractivity contribution in [2.75, 3.05) is 7.11 Å². The molecule has 3 aromatic rings. The molecular weight excluding hydrogens is 531 g/mol. The van der Waals surface area contributed by atoms with Gasteiger partial charge in [0.1, 0.15) is 35.4 Å². The van der Waals surface area contributed by atoms with E-state index in [1.54, 1.807) is 19.2 Å². The van der Waals surface area contributed by atoms with Crippen molar-refractivity contribution < 1.29 is 28.2 Å². The molecular formula is C33H28ClFO5. The van der Waals surface area contributed by atoms with Gasteiger partial charge in [0.15, 0.2) is 11.6 Å². The van der Waals surface area contributed by atoms with Gasteiger partial charge in [-0.1, -0.05) is 41.9 Å². The summed E-state index contributed by atoms with van der Waals surface area (Å²) in [5.41, 5.74) is 4.14. The van der Waals surface area contributed by atoms with E-state index in [4.69, 9.17) is 25.8 Å². The van der Waals surface area contributed by atoms with E-state index < -0.39 is 11.7 Å². The number of hydrogen-bond donors (Lipinski definition) is 0. The number of Topliss-reactive ketones (excluding diaryl/α,β-unsaturated/α-hetero) is 2. The molecule has 5 nitrogen and oxygen atoms in total. The first kappa shape index (κ1) is 26.3. The Morgan fingerprint density at radius 3 is 2.20 bits per heavy atom. The summed E-state index contributed by atoms with van der Waals surface area (Å²) >= 11 is 6.11. The summed E-state index contributed by atoms with van der Waals surface area (Å²) in [5.74, 6) is 1.88. The molecule has 6 rings (SSSR count). The summed E-state index contributed by atoms with van der Waals surface area (Å²) in [6.45, 7) is 0.0150. The van der Waals surface area contributed by atoms with E-state index in [0.717, 1.165) is 29.5 Å². The number of rotatable bonds is 6. The molecule has 204 valence electrons. The standard InChI is InChI=1S/C33H28ClFO5/c1-38-30-17-20(31-32-26(36)7-3-9-28(32)40-29-10-4-8-27(37)33(29)31)13-16-22(30)19-11-14-21(15-12-19)39-18-23-24(34)5-2-6-25(23)35/h2,5-6,11-17,31H,3-4,7-10,18H2,1H3. The van der Waals surface area contributed by atoms with Crippen LogP contribution in [0, 0.1) is 5.82 Å². The normalized spacial score (nSPS) is 17.4. The first-order valence-corrected chi connectivity index (χ1v) is 13.9. The molecule has 0 N–H and O–H groups in total. The second-order valence-electron chi connectivity index (χ2n) is 10.2. The molecule has 0 radical (unpaired) electrons. The van der Waals surface area contributed by atoms with Gasteiger partial charge in [0, 0.05) is 53.9 Å². The van der Waals surface area contributed by atoms with Gasteiger partial charge < -0.3 is 14.2 Å². The van der Waals surface area contributed by atoms with Gasteiger partial charge in [-0.2, -0.15) is 0 Å². The lowest BCUT2D eigenvalue weighted by molar-refractivity contribution is -0.117. The molecule has 40 heavy (non-hydrogen) atoms. The van der Waals surface area contributed by atoms with Gasteiger partial charge in [-0.25, -0.2) is 4.39 Å². The first-order chi connectivity index (χ1) is 19.4. The van der Waals surface area contributed by atoms with Crippen molar-refractivity contribution in [1.82, 2.24) is 0 Å². The number of carbonyl (C=O) groups excluding carboxylic acids is 2. The predicted molar refractivity (Wildman–Crippen MR) is 150 cm³/mol. The van der Waals surface area contributed by atoms with E-state index in [0.29, 0.717) is 70.4 Å². The monoisotopic (exact) mass is 558 g/mol. The highest BCUT2D eigenvalue weighted by molar-refractivity contribution is 6.31. The van der Waals surface area contributed by atoms with Crippen LogP contribution in [0.1, 0.15) is 55.6 Å². The van der Waals surface area contributed by atoms with Crippen LogP contribution in [0.5, 0.6) is 11.5 Å². The zero-order chi connectivity index (χ0) is 27.8. The van der Waals surface area contributed by atoms with Gasteiger partial charge in [-0.05, 0) is 54.3 Å². The fraction of sp³-hybridized carbons (Fsp3) is 0.273. The van der Waals surface area contributed by atoms with Crippen LogP contribution in [0.3, 0.4) is 0 Å². The molecule has 0 atom stereocenters. The van der Waals surface area contributed by atoms with Crippen LogP contribution in [0.15, 0.2) is 83.3 Å². The molecule has 1 heterocycles. The first-order valence-electron chi connectivity index (χ1n) is 13.5. The summed E-state index contributed by atoms with van der Waals surface area (Å²) in [5, 5.41) is 0.321. The van der Waals surface area contributed by atoms with Gasteiger partial charge in [-0.3, -0.25) is 9.59 Å². The highest BCUT2D eigenvalue weighted by Crippen LogP contribution is 2.49. The fourth-order valence-corrected chi connectivity index (χ4v) is 6.05. The number of methoxy groups -OCH3 is 1. The fourth-order valence-electron chi connectivity index (χ4n) is 5.83. The van der Waals surface area contributed by atoms with Crippen molar-refractivity contribution in [3.63, 3.8) is 0 Å². The van der Waals surface area contributed by atoms with Crippen LogP contribution in [0.4, 0.5) is 4.39 Å². The lowest BCUT2D eigenvalue weighted by Crippen LogP contribution is -2.30. The van der Waals surface area contributed by atoms with Crippen LogP contribution in [-0.4, -0.2) is 18.7 Å². The number of benzene rings is 3. The van der Waals surface area contributed by atoms with Crippen LogP contribution in [-0.2, 0) is 20.9 Å². The summed E-state index contributed by atoms with van der Waals surface area (Å²) in [6.07, 6.45) is 3.85. The van der Waals surface area contributed by atoms with Crippen LogP contribution in [0.25, 0.3) is 11.1 Å². The summed E-state index contributed by atoms with van der Waals surface area (Å²) in [4.78, 5) is 26.2. The van der Waals surface area contributed by atoms with Crippen molar-refractivity contribution in [3.8, 4) is 22.6 Å². The van der Waals surface area contributed by atoms with Gasteiger partial charge in [0.05, 0.1) is 12.1 Å². The van der Waals surface area contributed by atoms with E-state index in [2.05, 4.69) is 0 Å². The SMILES string of the molecule is COc1cc(C2C3=C(CCCC3=O)OC3=C2C(=O)CCC3)ccc1-c1ccc(OCc2c(F)cccc2Cl)cc1. The Labute approximate surface area is 237 Å². The minimum Gasteiger partial charge on any atom is -0.496 e. The molecule has 0 bridgehead atoms. The Kier molecular flexibility index (Phi) is 7.20. The Morgan fingerprint density at radius 1 is 0.900 bits per heavy atom. The van der Waals surface area contributed by atoms with Gasteiger partial charge >= 0.3 is 0 Å².